The lowest BCUT2D eigenvalue weighted by Crippen LogP contribution is -2.14. The van der Waals surface area contributed by atoms with Crippen LogP contribution in [0.15, 0.2) is 88.7 Å². The summed E-state index contributed by atoms with van der Waals surface area (Å²) in [6.07, 6.45) is 3.25. The molecule has 0 spiro atoms. The van der Waals surface area contributed by atoms with Crippen LogP contribution in [0.4, 0.5) is 5.69 Å². The number of amides is 1. The zero-order valence-electron chi connectivity index (χ0n) is 19.3. The molecule has 0 fully saturated rings. The number of methoxy groups -OCH3 is 1. The molecule has 3 heterocycles. The maximum atomic E-state index is 12.9. The first kappa shape index (κ1) is 22.1. The minimum Gasteiger partial charge on any atom is -0.495 e. The summed E-state index contributed by atoms with van der Waals surface area (Å²) in [6.45, 7) is 0.607. The molecule has 6 aromatic rings. The first-order chi connectivity index (χ1) is 17.7. The van der Waals surface area contributed by atoms with E-state index in [4.69, 9.17) is 9.15 Å². The molecule has 0 aliphatic heterocycles. The second-order valence-corrected chi connectivity index (χ2v) is 9.15. The summed E-state index contributed by atoms with van der Waals surface area (Å²) in [4.78, 5) is 21.7. The van der Waals surface area contributed by atoms with Crippen molar-refractivity contribution in [2.45, 2.75) is 11.6 Å². The molecule has 0 atom stereocenters. The molecular formula is C27H21N5O3S. The maximum absolute atomic E-state index is 12.9. The van der Waals surface area contributed by atoms with E-state index < -0.39 is 0 Å². The normalized spacial score (nSPS) is 11.4. The second kappa shape index (κ2) is 9.35. The van der Waals surface area contributed by atoms with Crippen LogP contribution in [-0.4, -0.2) is 38.5 Å². The van der Waals surface area contributed by atoms with Gasteiger partial charge in [0.15, 0.2) is 5.65 Å². The van der Waals surface area contributed by atoms with Gasteiger partial charge >= 0.3 is 0 Å². The number of aromatic nitrogens is 4. The molecule has 1 N–H and O–H groups in total. The number of nitrogens with zero attached hydrogens (tertiary/aromatic N) is 4. The largest absolute Gasteiger partial charge is 0.495 e. The van der Waals surface area contributed by atoms with E-state index in [1.807, 2.05) is 65.3 Å². The van der Waals surface area contributed by atoms with Crippen LogP contribution < -0.4 is 10.1 Å². The fourth-order valence-electron chi connectivity index (χ4n) is 4.20. The molecular weight excluding hydrogens is 474 g/mol. The summed E-state index contributed by atoms with van der Waals surface area (Å²) in [5.74, 6) is 0.549. The molecule has 0 saturated carbocycles. The third-order valence-corrected chi connectivity index (χ3v) is 6.89. The number of para-hydroxylation sites is 1. The minimum atomic E-state index is -0.183. The zero-order valence-corrected chi connectivity index (χ0v) is 20.2. The molecule has 0 radical (unpaired) electrons. The number of benzene rings is 3. The quantitative estimate of drug-likeness (QED) is 0.230. The van der Waals surface area contributed by atoms with E-state index >= 15 is 0 Å². The second-order valence-electron chi connectivity index (χ2n) is 8.19. The van der Waals surface area contributed by atoms with Crippen molar-refractivity contribution in [3.8, 4) is 5.75 Å². The number of anilines is 1. The Labute approximate surface area is 210 Å². The molecule has 0 aliphatic carbocycles. The number of hydrogen-bond acceptors (Lipinski definition) is 7. The van der Waals surface area contributed by atoms with Gasteiger partial charge in [0.05, 0.1) is 36.7 Å². The topological polar surface area (TPSA) is 95.1 Å². The highest BCUT2D eigenvalue weighted by molar-refractivity contribution is 8.00. The van der Waals surface area contributed by atoms with Crippen LogP contribution in [0.1, 0.15) is 5.56 Å². The Balaban J connectivity index is 1.20. The summed E-state index contributed by atoms with van der Waals surface area (Å²) in [6, 6.07) is 21.6. The van der Waals surface area contributed by atoms with Crippen LogP contribution in [0.3, 0.4) is 0 Å². The monoisotopic (exact) mass is 495 g/mol. The van der Waals surface area contributed by atoms with Crippen LogP contribution in [-0.2, 0) is 11.3 Å². The van der Waals surface area contributed by atoms with Gasteiger partial charge in [0.1, 0.15) is 28.3 Å². The van der Waals surface area contributed by atoms with E-state index in [2.05, 4.69) is 20.4 Å². The molecule has 3 aromatic carbocycles. The van der Waals surface area contributed by atoms with Crippen LogP contribution in [0.2, 0.25) is 0 Å². The van der Waals surface area contributed by atoms with E-state index in [1.165, 1.54) is 18.1 Å². The highest BCUT2D eigenvalue weighted by Crippen LogP contribution is 2.36. The first-order valence-corrected chi connectivity index (χ1v) is 12.3. The minimum absolute atomic E-state index is 0.164. The summed E-state index contributed by atoms with van der Waals surface area (Å²) >= 11 is 1.34. The number of carbonyl (C=O) groups is 1. The van der Waals surface area contributed by atoms with Crippen molar-refractivity contribution in [2.75, 3.05) is 18.2 Å². The van der Waals surface area contributed by atoms with Crippen LogP contribution >= 0.6 is 11.8 Å². The molecule has 8 nitrogen and oxygen atoms in total. The Kier molecular flexibility index (Phi) is 5.74. The third kappa shape index (κ3) is 4.14. The van der Waals surface area contributed by atoms with Crippen molar-refractivity contribution < 1.29 is 13.9 Å². The number of hydrogen-bond donors (Lipinski definition) is 1. The summed E-state index contributed by atoms with van der Waals surface area (Å²) in [5.41, 5.74) is 3.88. The number of carbonyl (C=O) groups excluding carboxylic acids is 1. The molecule has 0 unspecified atom stereocenters. The van der Waals surface area contributed by atoms with Gasteiger partial charge in [0.2, 0.25) is 5.91 Å². The Bertz CT molecular complexity index is 1710. The summed E-state index contributed by atoms with van der Waals surface area (Å²) in [5, 5.41) is 10.9. The van der Waals surface area contributed by atoms with E-state index in [0.29, 0.717) is 28.6 Å². The average molecular weight is 496 g/mol. The Morgan fingerprint density at radius 3 is 2.69 bits per heavy atom. The number of rotatable bonds is 7. The van der Waals surface area contributed by atoms with Gasteiger partial charge in [0, 0.05) is 16.8 Å². The van der Waals surface area contributed by atoms with Gasteiger partial charge < -0.3 is 14.5 Å². The number of furan rings is 1. The molecule has 0 aliphatic rings. The standard InChI is InChI=1S/C27H21N5O3S/c1-34-24-11-19-18-9-5-6-10-22(18)35-23(19)12-21(24)31-25(33)15-36-27-20-13-30-32(26(20)28-16-29-27)14-17-7-3-2-4-8-17/h2-13,16H,14-15H2,1H3,(H,31,33). The number of nitrogens with one attached hydrogen (secondary N) is 1. The number of ether oxygens (including phenoxy) is 1. The Morgan fingerprint density at radius 1 is 1.00 bits per heavy atom. The van der Waals surface area contributed by atoms with E-state index in [9.17, 15) is 4.79 Å². The molecule has 178 valence electrons. The van der Waals surface area contributed by atoms with E-state index in [1.54, 1.807) is 19.4 Å². The SMILES string of the molecule is COc1cc2c(cc1NC(=O)CSc1ncnc3c1cnn3Cc1ccccc1)oc1ccccc12. The number of thioether (sulfide) groups is 1. The van der Waals surface area contributed by atoms with Crippen molar-refractivity contribution in [3.63, 3.8) is 0 Å². The van der Waals surface area contributed by atoms with Gasteiger partial charge in [-0.1, -0.05) is 60.3 Å². The Hall–Kier alpha value is -4.37. The van der Waals surface area contributed by atoms with Crippen LogP contribution in [0, 0.1) is 0 Å². The molecule has 0 bridgehead atoms. The fraction of sp³-hybridized carbons (Fsp3) is 0.111. The average Bonchev–Trinajstić information content (AvgIpc) is 3.48. The molecule has 1 amide bonds. The molecule has 36 heavy (non-hydrogen) atoms. The van der Waals surface area contributed by atoms with Crippen molar-refractivity contribution in [1.82, 2.24) is 19.7 Å². The first-order valence-electron chi connectivity index (χ1n) is 11.3. The highest BCUT2D eigenvalue weighted by atomic mass is 32.2. The van der Waals surface area contributed by atoms with E-state index in [0.717, 1.165) is 33.0 Å². The lowest BCUT2D eigenvalue weighted by Gasteiger charge is -2.10. The Morgan fingerprint density at radius 2 is 1.83 bits per heavy atom. The predicted octanol–water partition coefficient (Wildman–Crippen LogP) is 5.51. The number of fused-ring (bicyclic) bond motifs is 4. The summed E-state index contributed by atoms with van der Waals surface area (Å²) < 4.78 is 13.3. The highest BCUT2D eigenvalue weighted by Gasteiger charge is 2.16. The van der Waals surface area contributed by atoms with Gasteiger partial charge in [-0.15, -0.1) is 0 Å². The van der Waals surface area contributed by atoms with Crippen molar-refractivity contribution in [3.05, 3.63) is 84.8 Å². The lowest BCUT2D eigenvalue weighted by molar-refractivity contribution is -0.113. The van der Waals surface area contributed by atoms with Crippen molar-refractivity contribution >= 4 is 56.3 Å². The maximum Gasteiger partial charge on any atom is 0.234 e. The molecule has 6 rings (SSSR count). The van der Waals surface area contributed by atoms with E-state index in [-0.39, 0.29) is 11.7 Å². The molecule has 0 saturated heterocycles. The fourth-order valence-corrected chi connectivity index (χ4v) is 4.96. The van der Waals surface area contributed by atoms with Crippen molar-refractivity contribution in [2.24, 2.45) is 0 Å². The predicted molar refractivity (Wildman–Crippen MR) is 140 cm³/mol. The van der Waals surface area contributed by atoms with Gasteiger partial charge in [-0.05, 0) is 17.7 Å². The third-order valence-electron chi connectivity index (χ3n) is 5.89. The lowest BCUT2D eigenvalue weighted by atomic mass is 10.1. The van der Waals surface area contributed by atoms with Gasteiger partial charge in [0.25, 0.3) is 0 Å². The van der Waals surface area contributed by atoms with Gasteiger partial charge in [-0.2, -0.15) is 5.10 Å². The van der Waals surface area contributed by atoms with Crippen LogP contribution in [0.5, 0.6) is 5.75 Å². The van der Waals surface area contributed by atoms with Gasteiger partial charge in [-0.3, -0.25) is 4.79 Å². The summed E-state index contributed by atoms with van der Waals surface area (Å²) in [7, 11) is 1.58. The van der Waals surface area contributed by atoms with Gasteiger partial charge in [-0.25, -0.2) is 14.6 Å². The van der Waals surface area contributed by atoms with Crippen LogP contribution in [0.25, 0.3) is 33.0 Å². The smallest absolute Gasteiger partial charge is 0.234 e. The zero-order chi connectivity index (χ0) is 24.5. The van der Waals surface area contributed by atoms with Crippen molar-refractivity contribution in [1.29, 1.82) is 0 Å². The molecule has 3 aromatic heterocycles. The molecule has 9 heteroatoms.